The third-order valence-corrected chi connectivity index (χ3v) is 5.25. The van der Waals surface area contributed by atoms with Crippen molar-refractivity contribution in [2.45, 2.75) is 25.8 Å². The number of hydrogen-bond acceptors (Lipinski definition) is 3. The van der Waals surface area contributed by atoms with Crippen LogP contribution in [0.2, 0.25) is 0 Å². The Morgan fingerprint density at radius 1 is 1.00 bits per heavy atom. The molecule has 29 heavy (non-hydrogen) atoms. The van der Waals surface area contributed by atoms with Crippen LogP contribution >= 0.6 is 0 Å². The number of nitrogens with zero attached hydrogens (tertiary/aromatic N) is 1. The molecule has 0 bridgehead atoms. The Hall–Kier alpha value is -3.34. The Bertz CT molecular complexity index is 1050. The molecular weight excluding hydrogens is 364 g/mol. The molecule has 0 saturated carbocycles. The van der Waals surface area contributed by atoms with E-state index in [0.717, 1.165) is 16.6 Å². The number of anilines is 1. The van der Waals surface area contributed by atoms with Crippen molar-refractivity contribution in [3.8, 4) is 5.75 Å². The van der Waals surface area contributed by atoms with Gasteiger partial charge in [-0.25, -0.2) is 0 Å². The van der Waals surface area contributed by atoms with E-state index in [9.17, 15) is 9.59 Å². The highest BCUT2D eigenvalue weighted by atomic mass is 16.5. The van der Waals surface area contributed by atoms with Crippen molar-refractivity contribution in [3.63, 3.8) is 0 Å². The van der Waals surface area contributed by atoms with Gasteiger partial charge in [-0.3, -0.25) is 9.59 Å². The molecule has 0 saturated heterocycles. The molecule has 5 nitrogen and oxygen atoms in total. The molecule has 1 N–H and O–H groups in total. The molecule has 148 valence electrons. The van der Waals surface area contributed by atoms with Gasteiger partial charge in [-0.2, -0.15) is 0 Å². The quantitative estimate of drug-likeness (QED) is 0.712. The molecule has 3 aromatic rings. The standard InChI is InChI=1S/C24H24N2O3/c1-17(19-11-10-18-6-2-3-7-20(18)16-19)25-23(27)12-13-24(28)26-14-15-29-22-9-5-4-8-21(22)26/h2-11,16-17H,12-15H2,1H3,(H,25,27). The summed E-state index contributed by atoms with van der Waals surface area (Å²) in [5.74, 6) is 0.524. The first-order chi connectivity index (χ1) is 14.1. The van der Waals surface area contributed by atoms with Crippen molar-refractivity contribution in [1.29, 1.82) is 0 Å². The van der Waals surface area contributed by atoms with Gasteiger partial charge in [-0.05, 0) is 41.5 Å². The summed E-state index contributed by atoms with van der Waals surface area (Å²) >= 11 is 0. The Balaban J connectivity index is 1.34. The van der Waals surface area contributed by atoms with Gasteiger partial charge >= 0.3 is 0 Å². The zero-order chi connectivity index (χ0) is 20.2. The predicted molar refractivity (Wildman–Crippen MR) is 114 cm³/mol. The van der Waals surface area contributed by atoms with E-state index in [1.54, 1.807) is 4.90 Å². The minimum atomic E-state index is -0.124. The molecule has 1 unspecified atom stereocenters. The van der Waals surface area contributed by atoms with Gasteiger partial charge in [0.15, 0.2) is 0 Å². The fourth-order valence-corrected chi connectivity index (χ4v) is 3.66. The molecule has 2 amide bonds. The van der Waals surface area contributed by atoms with Gasteiger partial charge in [-0.1, -0.05) is 48.5 Å². The molecule has 4 rings (SSSR count). The highest BCUT2D eigenvalue weighted by Crippen LogP contribution is 2.31. The van der Waals surface area contributed by atoms with E-state index in [1.807, 2.05) is 49.4 Å². The molecule has 1 aliphatic heterocycles. The number of benzene rings is 3. The van der Waals surface area contributed by atoms with Crippen LogP contribution in [0.25, 0.3) is 10.8 Å². The highest BCUT2D eigenvalue weighted by Gasteiger charge is 2.23. The van der Waals surface area contributed by atoms with Crippen LogP contribution in [0.3, 0.4) is 0 Å². The molecule has 5 heteroatoms. The summed E-state index contributed by atoms with van der Waals surface area (Å²) < 4.78 is 5.59. The lowest BCUT2D eigenvalue weighted by molar-refractivity contribution is -0.125. The third-order valence-electron chi connectivity index (χ3n) is 5.25. The minimum Gasteiger partial charge on any atom is -0.490 e. The maximum Gasteiger partial charge on any atom is 0.227 e. The van der Waals surface area contributed by atoms with Crippen LogP contribution in [-0.2, 0) is 9.59 Å². The zero-order valence-electron chi connectivity index (χ0n) is 16.4. The number of carbonyl (C=O) groups is 2. The van der Waals surface area contributed by atoms with E-state index >= 15 is 0 Å². The van der Waals surface area contributed by atoms with Gasteiger partial charge < -0.3 is 15.0 Å². The van der Waals surface area contributed by atoms with Crippen LogP contribution < -0.4 is 15.0 Å². The Morgan fingerprint density at radius 3 is 2.62 bits per heavy atom. The number of amides is 2. The lowest BCUT2D eigenvalue weighted by atomic mass is 10.0. The Morgan fingerprint density at radius 2 is 1.76 bits per heavy atom. The van der Waals surface area contributed by atoms with Crippen LogP contribution in [0, 0.1) is 0 Å². The van der Waals surface area contributed by atoms with Gasteiger partial charge in [0, 0.05) is 12.8 Å². The Kier molecular flexibility index (Phi) is 5.47. The van der Waals surface area contributed by atoms with E-state index in [4.69, 9.17) is 4.74 Å². The smallest absolute Gasteiger partial charge is 0.227 e. The second-order valence-corrected chi connectivity index (χ2v) is 7.26. The first-order valence-corrected chi connectivity index (χ1v) is 9.92. The van der Waals surface area contributed by atoms with Gasteiger partial charge in [-0.15, -0.1) is 0 Å². The summed E-state index contributed by atoms with van der Waals surface area (Å²) in [6.45, 7) is 2.93. The van der Waals surface area contributed by atoms with E-state index in [0.29, 0.717) is 18.9 Å². The number of hydrogen-bond donors (Lipinski definition) is 1. The second kappa shape index (κ2) is 8.35. The maximum absolute atomic E-state index is 12.7. The zero-order valence-corrected chi connectivity index (χ0v) is 16.4. The lowest BCUT2D eigenvalue weighted by Gasteiger charge is -2.29. The SMILES string of the molecule is CC(NC(=O)CCC(=O)N1CCOc2ccccc21)c1ccc2ccccc2c1. The topological polar surface area (TPSA) is 58.6 Å². The number of nitrogens with one attached hydrogen (secondary N) is 1. The van der Waals surface area contributed by atoms with E-state index in [2.05, 4.69) is 29.6 Å². The number of rotatable bonds is 5. The molecule has 0 radical (unpaired) electrons. The molecular formula is C24H24N2O3. The summed E-state index contributed by atoms with van der Waals surface area (Å²) in [4.78, 5) is 26.8. The van der Waals surface area contributed by atoms with Gasteiger partial charge in [0.1, 0.15) is 12.4 Å². The normalized spacial score (nSPS) is 14.0. The molecule has 1 heterocycles. The maximum atomic E-state index is 12.7. The van der Waals surface area contributed by atoms with Crippen molar-refractivity contribution in [3.05, 3.63) is 72.3 Å². The molecule has 1 atom stereocenters. The average Bonchev–Trinajstić information content (AvgIpc) is 2.76. The van der Waals surface area contributed by atoms with Crippen LogP contribution in [0.15, 0.2) is 66.7 Å². The number of para-hydroxylation sites is 2. The molecule has 0 aliphatic carbocycles. The van der Waals surface area contributed by atoms with Crippen molar-refractivity contribution in [2.24, 2.45) is 0 Å². The van der Waals surface area contributed by atoms with Crippen molar-refractivity contribution in [1.82, 2.24) is 5.32 Å². The summed E-state index contributed by atoms with van der Waals surface area (Å²) in [5, 5.41) is 5.32. The monoisotopic (exact) mass is 388 g/mol. The first kappa shape index (κ1) is 19.0. The molecule has 0 aromatic heterocycles. The van der Waals surface area contributed by atoms with E-state index in [1.165, 1.54) is 5.39 Å². The third kappa shape index (κ3) is 4.24. The minimum absolute atomic E-state index is 0.0609. The van der Waals surface area contributed by atoms with Gasteiger partial charge in [0.25, 0.3) is 0 Å². The van der Waals surface area contributed by atoms with E-state index in [-0.39, 0.29) is 30.7 Å². The number of carbonyl (C=O) groups excluding carboxylic acids is 2. The largest absolute Gasteiger partial charge is 0.490 e. The van der Waals surface area contributed by atoms with Crippen LogP contribution in [0.1, 0.15) is 31.4 Å². The number of fused-ring (bicyclic) bond motifs is 2. The number of ether oxygens (including phenoxy) is 1. The molecule has 1 aliphatic rings. The highest BCUT2D eigenvalue weighted by molar-refractivity contribution is 5.97. The fraction of sp³-hybridized carbons (Fsp3) is 0.250. The van der Waals surface area contributed by atoms with Gasteiger partial charge in [0.2, 0.25) is 11.8 Å². The Labute approximate surface area is 170 Å². The lowest BCUT2D eigenvalue weighted by Crippen LogP contribution is -2.38. The average molecular weight is 388 g/mol. The first-order valence-electron chi connectivity index (χ1n) is 9.92. The molecule has 0 fully saturated rings. The summed E-state index contributed by atoms with van der Waals surface area (Å²) in [7, 11) is 0. The summed E-state index contributed by atoms with van der Waals surface area (Å²) in [5.41, 5.74) is 1.82. The molecule has 0 spiro atoms. The van der Waals surface area contributed by atoms with Crippen LogP contribution in [0.4, 0.5) is 5.69 Å². The van der Waals surface area contributed by atoms with Crippen LogP contribution in [-0.4, -0.2) is 25.0 Å². The van der Waals surface area contributed by atoms with Gasteiger partial charge in [0.05, 0.1) is 18.3 Å². The summed E-state index contributed by atoms with van der Waals surface area (Å²) in [6.07, 6.45) is 0.334. The fourth-order valence-electron chi connectivity index (χ4n) is 3.66. The summed E-state index contributed by atoms with van der Waals surface area (Å²) in [6, 6.07) is 21.7. The predicted octanol–water partition coefficient (Wildman–Crippen LogP) is 4.22. The molecule has 3 aromatic carbocycles. The van der Waals surface area contributed by atoms with Crippen molar-refractivity contribution < 1.29 is 14.3 Å². The second-order valence-electron chi connectivity index (χ2n) is 7.26. The van der Waals surface area contributed by atoms with Crippen molar-refractivity contribution >= 4 is 28.3 Å². The van der Waals surface area contributed by atoms with Crippen LogP contribution in [0.5, 0.6) is 5.75 Å². The van der Waals surface area contributed by atoms with Crippen molar-refractivity contribution in [2.75, 3.05) is 18.1 Å². The van der Waals surface area contributed by atoms with E-state index < -0.39 is 0 Å².